The van der Waals surface area contributed by atoms with Gasteiger partial charge in [0, 0.05) is 7.05 Å². The van der Waals surface area contributed by atoms with Crippen LogP contribution in [0.5, 0.6) is 0 Å². The molecule has 0 spiro atoms. The van der Waals surface area contributed by atoms with Crippen molar-refractivity contribution in [2.75, 3.05) is 12.8 Å². The van der Waals surface area contributed by atoms with Crippen LogP contribution < -0.4 is 11.1 Å². The summed E-state index contributed by atoms with van der Waals surface area (Å²) in [6.45, 7) is 4.00. The maximum atomic E-state index is 10.8. The standard InChI is InChI=1S/C5H8N4O.C2H6/c1-7-5(10)4-3(6)2-8-9-4;1-2/h2H,6H2,1H3,(H,7,10)(H,8,9);1-2H3. The number of aromatic nitrogens is 2. The zero-order valence-electron chi connectivity index (χ0n) is 7.51. The molecule has 0 saturated carbocycles. The highest BCUT2D eigenvalue weighted by Gasteiger charge is 2.07. The normalized spacial score (nSPS) is 8.25. The van der Waals surface area contributed by atoms with Crippen LogP contribution in [0.3, 0.4) is 0 Å². The highest BCUT2D eigenvalue weighted by Crippen LogP contribution is 2.03. The van der Waals surface area contributed by atoms with Crippen molar-refractivity contribution in [3.8, 4) is 0 Å². The molecular formula is C7H14N4O. The zero-order chi connectivity index (χ0) is 9.56. The van der Waals surface area contributed by atoms with Crippen LogP contribution in [0.1, 0.15) is 24.3 Å². The van der Waals surface area contributed by atoms with E-state index in [-0.39, 0.29) is 5.91 Å². The number of carbonyl (C=O) groups is 1. The van der Waals surface area contributed by atoms with Gasteiger partial charge in [-0.25, -0.2) is 0 Å². The Balaban J connectivity index is 0.000000561. The minimum absolute atomic E-state index is 0.255. The van der Waals surface area contributed by atoms with Crippen molar-refractivity contribution < 1.29 is 4.79 Å². The molecule has 5 nitrogen and oxygen atoms in total. The van der Waals surface area contributed by atoms with Crippen LogP contribution >= 0.6 is 0 Å². The number of hydrogen-bond donors (Lipinski definition) is 3. The van der Waals surface area contributed by atoms with E-state index in [2.05, 4.69) is 15.5 Å². The largest absolute Gasteiger partial charge is 0.396 e. The summed E-state index contributed by atoms with van der Waals surface area (Å²) in [6, 6.07) is 0. The van der Waals surface area contributed by atoms with E-state index in [1.54, 1.807) is 0 Å². The van der Waals surface area contributed by atoms with Gasteiger partial charge in [-0.05, 0) is 0 Å². The quantitative estimate of drug-likeness (QED) is 0.569. The van der Waals surface area contributed by atoms with E-state index in [4.69, 9.17) is 5.73 Å². The van der Waals surface area contributed by atoms with Crippen LogP contribution in [0.4, 0.5) is 5.69 Å². The summed E-state index contributed by atoms with van der Waals surface area (Å²) in [4.78, 5) is 10.8. The molecular weight excluding hydrogens is 156 g/mol. The van der Waals surface area contributed by atoms with Crippen LogP contribution in [0.25, 0.3) is 0 Å². The predicted octanol–water partition coefficient (Wildman–Crippen LogP) is 0.378. The van der Waals surface area contributed by atoms with Crippen molar-refractivity contribution in [2.45, 2.75) is 13.8 Å². The van der Waals surface area contributed by atoms with Crippen LogP contribution in [0.2, 0.25) is 0 Å². The average Bonchev–Trinajstić information content (AvgIpc) is 2.54. The summed E-state index contributed by atoms with van der Waals surface area (Å²) < 4.78 is 0. The van der Waals surface area contributed by atoms with Crippen LogP contribution in [0.15, 0.2) is 6.20 Å². The Morgan fingerprint density at radius 1 is 1.67 bits per heavy atom. The van der Waals surface area contributed by atoms with Gasteiger partial charge >= 0.3 is 0 Å². The van der Waals surface area contributed by atoms with Gasteiger partial charge in [0.2, 0.25) is 0 Å². The van der Waals surface area contributed by atoms with Crippen LogP contribution in [-0.4, -0.2) is 23.2 Å². The van der Waals surface area contributed by atoms with Crippen LogP contribution in [-0.2, 0) is 0 Å². The number of nitrogens with two attached hydrogens (primary N) is 1. The minimum Gasteiger partial charge on any atom is -0.396 e. The number of nitrogens with one attached hydrogen (secondary N) is 2. The van der Waals surface area contributed by atoms with Gasteiger partial charge in [-0.1, -0.05) is 13.8 Å². The van der Waals surface area contributed by atoms with Gasteiger partial charge in [0.05, 0.1) is 11.9 Å². The summed E-state index contributed by atoms with van der Waals surface area (Å²) in [5, 5.41) is 8.47. The summed E-state index contributed by atoms with van der Waals surface area (Å²) in [5.74, 6) is -0.255. The van der Waals surface area contributed by atoms with Gasteiger partial charge in [-0.3, -0.25) is 9.89 Å². The molecule has 0 saturated heterocycles. The average molecular weight is 170 g/mol. The number of aromatic amines is 1. The first-order valence-corrected chi connectivity index (χ1v) is 3.76. The summed E-state index contributed by atoms with van der Waals surface area (Å²) in [7, 11) is 1.53. The van der Waals surface area contributed by atoms with E-state index in [1.807, 2.05) is 13.8 Å². The Morgan fingerprint density at radius 3 is 2.58 bits per heavy atom. The number of nitrogens with zero attached hydrogens (tertiary/aromatic N) is 1. The van der Waals surface area contributed by atoms with Gasteiger partial charge in [0.15, 0.2) is 0 Å². The Bertz CT molecular complexity index is 243. The summed E-state index contributed by atoms with van der Waals surface area (Å²) >= 11 is 0. The van der Waals surface area contributed by atoms with E-state index in [0.29, 0.717) is 11.4 Å². The molecule has 68 valence electrons. The molecule has 0 atom stereocenters. The molecule has 0 aliphatic heterocycles. The Kier molecular flexibility index (Phi) is 4.52. The molecule has 1 amide bonds. The minimum atomic E-state index is -0.255. The van der Waals surface area contributed by atoms with Gasteiger partial charge in [-0.2, -0.15) is 5.10 Å². The van der Waals surface area contributed by atoms with Crippen molar-refractivity contribution >= 4 is 11.6 Å². The van der Waals surface area contributed by atoms with Crippen molar-refractivity contribution in [3.63, 3.8) is 0 Å². The molecule has 12 heavy (non-hydrogen) atoms. The van der Waals surface area contributed by atoms with Crippen LogP contribution in [0, 0.1) is 0 Å². The molecule has 5 heteroatoms. The second-order valence-electron chi connectivity index (χ2n) is 1.78. The fourth-order valence-electron chi connectivity index (χ4n) is 0.602. The molecule has 1 heterocycles. The lowest BCUT2D eigenvalue weighted by atomic mass is 10.3. The second-order valence-corrected chi connectivity index (χ2v) is 1.78. The second kappa shape index (κ2) is 5.17. The van der Waals surface area contributed by atoms with E-state index in [9.17, 15) is 4.79 Å². The first-order valence-electron chi connectivity index (χ1n) is 3.76. The lowest BCUT2D eigenvalue weighted by Crippen LogP contribution is -2.19. The summed E-state index contributed by atoms with van der Waals surface area (Å²) in [5.41, 5.74) is 6.03. The van der Waals surface area contributed by atoms with E-state index in [1.165, 1.54) is 13.2 Å². The molecule has 1 aromatic heterocycles. The van der Waals surface area contributed by atoms with Gasteiger partial charge in [0.1, 0.15) is 5.69 Å². The maximum Gasteiger partial charge on any atom is 0.271 e. The molecule has 0 fully saturated rings. The first kappa shape index (κ1) is 10.5. The molecule has 0 aliphatic carbocycles. The van der Waals surface area contributed by atoms with Gasteiger partial charge in [-0.15, -0.1) is 0 Å². The SMILES string of the molecule is CC.CNC(=O)c1[nH]ncc1N. The molecule has 1 rings (SSSR count). The maximum absolute atomic E-state index is 10.8. The zero-order valence-corrected chi connectivity index (χ0v) is 7.51. The number of carbonyl (C=O) groups excluding carboxylic acids is 1. The van der Waals surface area contributed by atoms with E-state index < -0.39 is 0 Å². The van der Waals surface area contributed by atoms with Crippen molar-refractivity contribution in [1.29, 1.82) is 0 Å². The third kappa shape index (κ3) is 2.26. The molecule has 0 aromatic carbocycles. The lowest BCUT2D eigenvalue weighted by molar-refractivity contribution is 0.0959. The lowest BCUT2D eigenvalue weighted by Gasteiger charge is -1.94. The number of amides is 1. The Labute approximate surface area is 71.3 Å². The number of H-pyrrole nitrogens is 1. The molecule has 0 aliphatic rings. The molecule has 0 unspecified atom stereocenters. The van der Waals surface area contributed by atoms with E-state index in [0.717, 1.165) is 0 Å². The third-order valence-electron chi connectivity index (χ3n) is 1.12. The third-order valence-corrected chi connectivity index (χ3v) is 1.12. The topological polar surface area (TPSA) is 83.8 Å². The number of nitrogen functional groups attached to an aromatic ring is 1. The smallest absolute Gasteiger partial charge is 0.271 e. The fraction of sp³-hybridized carbons (Fsp3) is 0.429. The molecule has 1 aromatic rings. The predicted molar refractivity (Wildman–Crippen MR) is 47.7 cm³/mol. The number of anilines is 1. The van der Waals surface area contributed by atoms with Crippen molar-refractivity contribution in [1.82, 2.24) is 15.5 Å². The molecule has 0 radical (unpaired) electrons. The molecule has 0 bridgehead atoms. The Hall–Kier alpha value is -1.52. The fourth-order valence-corrected chi connectivity index (χ4v) is 0.602. The molecule has 4 N–H and O–H groups in total. The summed E-state index contributed by atoms with van der Waals surface area (Å²) in [6.07, 6.45) is 1.39. The number of rotatable bonds is 1. The highest BCUT2D eigenvalue weighted by atomic mass is 16.1. The van der Waals surface area contributed by atoms with Crippen molar-refractivity contribution in [2.24, 2.45) is 0 Å². The Morgan fingerprint density at radius 2 is 2.25 bits per heavy atom. The number of hydrogen-bond acceptors (Lipinski definition) is 3. The van der Waals surface area contributed by atoms with E-state index >= 15 is 0 Å². The monoisotopic (exact) mass is 170 g/mol. The van der Waals surface area contributed by atoms with Gasteiger partial charge in [0.25, 0.3) is 5.91 Å². The van der Waals surface area contributed by atoms with Crippen molar-refractivity contribution in [3.05, 3.63) is 11.9 Å². The van der Waals surface area contributed by atoms with Gasteiger partial charge < -0.3 is 11.1 Å². The first-order chi connectivity index (χ1) is 5.75. The highest BCUT2D eigenvalue weighted by molar-refractivity contribution is 5.96.